The number of carbonyl (C=O) groups is 1. The van der Waals surface area contributed by atoms with Gasteiger partial charge >= 0.3 is 0 Å². The molecule has 150 valence electrons. The van der Waals surface area contributed by atoms with E-state index in [-0.39, 0.29) is 5.91 Å². The van der Waals surface area contributed by atoms with E-state index in [2.05, 4.69) is 5.32 Å². The van der Waals surface area contributed by atoms with Gasteiger partial charge in [0.2, 0.25) is 5.91 Å². The van der Waals surface area contributed by atoms with Crippen molar-refractivity contribution < 1.29 is 14.3 Å². The lowest BCUT2D eigenvalue weighted by Gasteiger charge is -2.11. The lowest BCUT2D eigenvalue weighted by molar-refractivity contribution is -0.115. The van der Waals surface area contributed by atoms with E-state index in [0.717, 1.165) is 33.5 Å². The summed E-state index contributed by atoms with van der Waals surface area (Å²) < 4.78 is 10.8. The number of fused-ring (bicyclic) bond motifs is 1. The monoisotopic (exact) mass is 398 g/mol. The van der Waals surface area contributed by atoms with Gasteiger partial charge in [0, 0.05) is 22.7 Å². The fraction of sp³-hybridized carbons (Fsp3) is 0.120. The van der Waals surface area contributed by atoms with E-state index < -0.39 is 0 Å². The molecule has 4 rings (SSSR count). The predicted molar refractivity (Wildman–Crippen MR) is 119 cm³/mol. The summed E-state index contributed by atoms with van der Waals surface area (Å²) in [7, 11) is 3.27. The molecule has 0 saturated heterocycles. The lowest BCUT2D eigenvalue weighted by Crippen LogP contribution is -2.14. The first-order valence-electron chi connectivity index (χ1n) is 9.63. The number of hydrogen-bond donors (Lipinski definition) is 1. The molecule has 5 heteroatoms. The van der Waals surface area contributed by atoms with Crippen molar-refractivity contribution in [1.29, 1.82) is 0 Å². The summed E-state index contributed by atoms with van der Waals surface area (Å²) in [6.07, 6.45) is 0.324. The fourth-order valence-electron chi connectivity index (χ4n) is 3.34. The first kappa shape index (κ1) is 19.5. The second kappa shape index (κ2) is 8.66. The molecule has 0 aliphatic carbocycles. The zero-order valence-electron chi connectivity index (χ0n) is 16.9. The number of hydrogen-bond acceptors (Lipinski definition) is 4. The highest BCUT2D eigenvalue weighted by atomic mass is 16.5. The third-order valence-corrected chi connectivity index (χ3v) is 4.87. The number of benzene rings is 3. The van der Waals surface area contributed by atoms with E-state index >= 15 is 0 Å². The number of methoxy groups -OCH3 is 2. The summed E-state index contributed by atoms with van der Waals surface area (Å²) in [5.41, 5.74) is 4.25. The molecule has 0 atom stereocenters. The molecule has 0 fully saturated rings. The Kier molecular flexibility index (Phi) is 5.61. The number of rotatable bonds is 6. The normalized spacial score (nSPS) is 10.6. The molecule has 30 heavy (non-hydrogen) atoms. The average Bonchev–Trinajstić information content (AvgIpc) is 2.79. The molecular formula is C25H22N2O3. The van der Waals surface area contributed by atoms with Crippen LogP contribution in [0, 0.1) is 0 Å². The van der Waals surface area contributed by atoms with Crippen molar-refractivity contribution in [3.8, 4) is 22.8 Å². The smallest absolute Gasteiger partial charge is 0.228 e. The maximum atomic E-state index is 12.4. The van der Waals surface area contributed by atoms with Crippen LogP contribution in [0.1, 0.15) is 5.56 Å². The number of ether oxygens (including phenoxy) is 2. The minimum absolute atomic E-state index is 0.0673. The molecule has 0 aliphatic heterocycles. The summed E-state index contributed by atoms with van der Waals surface area (Å²) in [5.74, 6) is 1.43. The minimum Gasteiger partial charge on any atom is -0.497 e. The molecule has 0 spiro atoms. The first-order chi connectivity index (χ1) is 14.7. The molecule has 1 N–H and O–H groups in total. The highest BCUT2D eigenvalue weighted by Crippen LogP contribution is 2.32. The first-order valence-corrected chi connectivity index (χ1v) is 9.63. The number of aromatic nitrogens is 1. The van der Waals surface area contributed by atoms with E-state index in [1.54, 1.807) is 14.2 Å². The number of nitrogens with one attached hydrogen (secondary N) is 1. The van der Waals surface area contributed by atoms with Crippen LogP contribution in [0.5, 0.6) is 11.5 Å². The Labute approximate surface area is 175 Å². The molecule has 0 aliphatic rings. The van der Waals surface area contributed by atoms with Gasteiger partial charge in [-0.2, -0.15) is 0 Å². The van der Waals surface area contributed by atoms with E-state index in [0.29, 0.717) is 17.9 Å². The van der Waals surface area contributed by atoms with Crippen molar-refractivity contribution in [2.75, 3.05) is 19.5 Å². The Morgan fingerprint density at radius 1 is 0.900 bits per heavy atom. The van der Waals surface area contributed by atoms with E-state index in [1.807, 2.05) is 78.9 Å². The predicted octanol–water partition coefficient (Wildman–Crippen LogP) is 5.10. The lowest BCUT2D eigenvalue weighted by atomic mass is 10.1. The van der Waals surface area contributed by atoms with Crippen molar-refractivity contribution >= 4 is 22.5 Å². The van der Waals surface area contributed by atoms with E-state index in [9.17, 15) is 4.79 Å². The molecule has 1 amide bonds. The van der Waals surface area contributed by atoms with Crippen LogP contribution in [-0.4, -0.2) is 25.1 Å². The quantitative estimate of drug-likeness (QED) is 0.491. The van der Waals surface area contributed by atoms with Crippen LogP contribution in [0.25, 0.3) is 22.2 Å². The molecule has 0 bridgehead atoms. The standard InChI is InChI=1S/C25H22N2O3/c1-29-20-11-8-18(9-12-20)23-16-24(30-2)21-15-19(10-13-22(21)27-23)26-25(28)14-17-6-4-3-5-7-17/h3-13,15-16H,14H2,1-2H3,(H,26,28). The highest BCUT2D eigenvalue weighted by Gasteiger charge is 2.11. The van der Waals surface area contributed by atoms with Gasteiger partial charge in [-0.1, -0.05) is 30.3 Å². The van der Waals surface area contributed by atoms with Crippen LogP contribution in [0.15, 0.2) is 78.9 Å². The second-order valence-electron chi connectivity index (χ2n) is 6.88. The summed E-state index contributed by atoms with van der Waals surface area (Å²) >= 11 is 0. The van der Waals surface area contributed by atoms with Crippen molar-refractivity contribution in [3.05, 3.63) is 84.4 Å². The Morgan fingerprint density at radius 3 is 2.37 bits per heavy atom. The Bertz CT molecular complexity index is 1170. The van der Waals surface area contributed by atoms with Crippen molar-refractivity contribution in [2.24, 2.45) is 0 Å². The van der Waals surface area contributed by atoms with Gasteiger partial charge < -0.3 is 14.8 Å². The molecule has 0 radical (unpaired) electrons. The van der Waals surface area contributed by atoms with Crippen molar-refractivity contribution in [1.82, 2.24) is 4.98 Å². The number of anilines is 1. The van der Waals surface area contributed by atoms with Crippen LogP contribution in [0.4, 0.5) is 5.69 Å². The van der Waals surface area contributed by atoms with Crippen LogP contribution in [0.2, 0.25) is 0 Å². The summed E-state index contributed by atoms with van der Waals surface area (Å²) in [4.78, 5) is 17.2. The average molecular weight is 398 g/mol. The zero-order valence-corrected chi connectivity index (χ0v) is 16.9. The third-order valence-electron chi connectivity index (χ3n) is 4.87. The third kappa shape index (κ3) is 4.25. The molecule has 5 nitrogen and oxygen atoms in total. The van der Waals surface area contributed by atoms with Gasteiger partial charge in [-0.25, -0.2) is 4.98 Å². The van der Waals surface area contributed by atoms with Crippen LogP contribution in [-0.2, 0) is 11.2 Å². The largest absolute Gasteiger partial charge is 0.497 e. The Morgan fingerprint density at radius 2 is 1.67 bits per heavy atom. The topological polar surface area (TPSA) is 60.5 Å². The maximum Gasteiger partial charge on any atom is 0.228 e. The molecule has 1 heterocycles. The minimum atomic E-state index is -0.0673. The molecule has 4 aromatic rings. The molecular weight excluding hydrogens is 376 g/mol. The van der Waals surface area contributed by atoms with Crippen molar-refractivity contribution in [2.45, 2.75) is 6.42 Å². The number of nitrogens with zero attached hydrogens (tertiary/aromatic N) is 1. The summed E-state index contributed by atoms with van der Waals surface area (Å²) in [6, 6.07) is 24.9. The molecule has 3 aromatic carbocycles. The SMILES string of the molecule is COc1ccc(-c2cc(OC)c3cc(NC(=O)Cc4ccccc4)ccc3n2)cc1. The highest BCUT2D eigenvalue weighted by molar-refractivity contribution is 5.96. The van der Waals surface area contributed by atoms with Gasteiger partial charge in [-0.3, -0.25) is 4.79 Å². The fourth-order valence-corrected chi connectivity index (χ4v) is 3.34. The van der Waals surface area contributed by atoms with E-state index in [1.165, 1.54) is 0 Å². The van der Waals surface area contributed by atoms with E-state index in [4.69, 9.17) is 14.5 Å². The molecule has 0 unspecified atom stereocenters. The summed E-state index contributed by atoms with van der Waals surface area (Å²) in [5, 5.41) is 3.80. The number of pyridine rings is 1. The number of carbonyl (C=O) groups excluding carboxylic acids is 1. The van der Waals surface area contributed by atoms with Gasteiger partial charge in [-0.15, -0.1) is 0 Å². The Hall–Kier alpha value is -3.86. The van der Waals surface area contributed by atoms with Gasteiger partial charge in [0.15, 0.2) is 0 Å². The summed E-state index contributed by atoms with van der Waals surface area (Å²) in [6.45, 7) is 0. The second-order valence-corrected chi connectivity index (χ2v) is 6.88. The zero-order chi connectivity index (χ0) is 20.9. The van der Waals surface area contributed by atoms with Gasteiger partial charge in [-0.05, 0) is 48.0 Å². The molecule has 0 saturated carbocycles. The van der Waals surface area contributed by atoms with Crippen LogP contribution < -0.4 is 14.8 Å². The van der Waals surface area contributed by atoms with Gasteiger partial charge in [0.05, 0.1) is 31.9 Å². The van der Waals surface area contributed by atoms with Gasteiger partial charge in [0.25, 0.3) is 0 Å². The molecule has 1 aromatic heterocycles. The number of amides is 1. The van der Waals surface area contributed by atoms with Crippen molar-refractivity contribution in [3.63, 3.8) is 0 Å². The van der Waals surface area contributed by atoms with Gasteiger partial charge in [0.1, 0.15) is 11.5 Å². The Balaban J connectivity index is 1.61. The van der Waals surface area contributed by atoms with Crippen LogP contribution in [0.3, 0.4) is 0 Å². The van der Waals surface area contributed by atoms with Crippen LogP contribution >= 0.6 is 0 Å². The maximum absolute atomic E-state index is 12.4.